The number of benzene rings is 1. The van der Waals surface area contributed by atoms with Crippen molar-refractivity contribution >= 4 is 5.97 Å². The number of aliphatic carboxylic acids is 1. The molecule has 0 amide bonds. The molecule has 1 aliphatic carbocycles. The molecule has 0 atom stereocenters. The van der Waals surface area contributed by atoms with Gasteiger partial charge in [0.1, 0.15) is 0 Å². The zero-order valence-electron chi connectivity index (χ0n) is 10.9. The summed E-state index contributed by atoms with van der Waals surface area (Å²) in [5.41, 5.74) is -0.788. The molecule has 1 saturated carbocycles. The van der Waals surface area contributed by atoms with Crippen molar-refractivity contribution in [3.05, 3.63) is 17.4 Å². The SMILES string of the molecule is COc1cc(C2(C(=O)O)CC2)c(OC)c(F)c1OC. The van der Waals surface area contributed by atoms with E-state index in [9.17, 15) is 14.3 Å². The van der Waals surface area contributed by atoms with Gasteiger partial charge in [0.15, 0.2) is 11.5 Å². The van der Waals surface area contributed by atoms with Crippen molar-refractivity contribution in [3.8, 4) is 17.2 Å². The standard InChI is InChI=1S/C13H15FO5/c1-17-8-6-7(13(4-5-13)12(15)16)10(18-2)9(14)11(8)19-3/h6H,4-5H2,1-3H3,(H,15,16). The molecule has 0 aliphatic heterocycles. The molecule has 0 radical (unpaired) electrons. The summed E-state index contributed by atoms with van der Waals surface area (Å²) in [6, 6.07) is 1.47. The van der Waals surface area contributed by atoms with Gasteiger partial charge in [-0.2, -0.15) is 4.39 Å². The topological polar surface area (TPSA) is 65.0 Å². The molecule has 2 rings (SSSR count). The van der Waals surface area contributed by atoms with E-state index in [1.165, 1.54) is 27.4 Å². The third kappa shape index (κ3) is 1.87. The molecule has 1 aliphatic rings. The number of ether oxygens (including phenoxy) is 3. The number of methoxy groups -OCH3 is 3. The summed E-state index contributed by atoms with van der Waals surface area (Å²) in [5.74, 6) is -1.77. The van der Waals surface area contributed by atoms with Crippen molar-refractivity contribution in [2.45, 2.75) is 18.3 Å². The van der Waals surface area contributed by atoms with E-state index >= 15 is 0 Å². The van der Waals surface area contributed by atoms with Gasteiger partial charge in [-0.1, -0.05) is 0 Å². The van der Waals surface area contributed by atoms with Crippen LogP contribution in [-0.4, -0.2) is 32.4 Å². The average Bonchev–Trinajstić information content (AvgIpc) is 3.18. The van der Waals surface area contributed by atoms with Crippen molar-refractivity contribution in [2.24, 2.45) is 0 Å². The first kappa shape index (κ1) is 13.5. The van der Waals surface area contributed by atoms with Crippen LogP contribution in [0, 0.1) is 5.82 Å². The summed E-state index contributed by atoms with van der Waals surface area (Å²) in [5, 5.41) is 9.31. The normalized spacial score (nSPS) is 15.8. The Kier molecular flexibility index (Phi) is 3.26. The van der Waals surface area contributed by atoms with Gasteiger partial charge in [-0.25, -0.2) is 0 Å². The van der Waals surface area contributed by atoms with Crippen LogP contribution in [0.25, 0.3) is 0 Å². The Balaban J connectivity index is 2.68. The monoisotopic (exact) mass is 270 g/mol. The summed E-state index contributed by atoms with van der Waals surface area (Å²) in [4.78, 5) is 11.4. The van der Waals surface area contributed by atoms with Gasteiger partial charge in [-0.15, -0.1) is 0 Å². The van der Waals surface area contributed by atoms with Crippen LogP contribution in [0.5, 0.6) is 17.2 Å². The molecule has 5 nitrogen and oxygen atoms in total. The number of carboxylic acids is 1. The van der Waals surface area contributed by atoms with E-state index in [1.54, 1.807) is 0 Å². The maximum absolute atomic E-state index is 14.3. The van der Waals surface area contributed by atoms with Gasteiger partial charge in [0, 0.05) is 5.56 Å². The highest BCUT2D eigenvalue weighted by Crippen LogP contribution is 2.54. The van der Waals surface area contributed by atoms with Crippen molar-refractivity contribution in [3.63, 3.8) is 0 Å². The first-order valence-electron chi connectivity index (χ1n) is 5.74. The van der Waals surface area contributed by atoms with Crippen LogP contribution in [0.2, 0.25) is 0 Å². The second-order valence-electron chi connectivity index (χ2n) is 4.39. The van der Waals surface area contributed by atoms with Gasteiger partial charge in [-0.3, -0.25) is 4.79 Å². The van der Waals surface area contributed by atoms with Crippen LogP contribution in [0.4, 0.5) is 4.39 Å². The highest BCUT2D eigenvalue weighted by Gasteiger charge is 2.54. The Bertz CT molecular complexity index is 522. The third-order valence-electron chi connectivity index (χ3n) is 3.45. The summed E-state index contributed by atoms with van der Waals surface area (Å²) in [6.07, 6.45) is 0.904. The lowest BCUT2D eigenvalue weighted by Gasteiger charge is -2.19. The number of hydrogen-bond donors (Lipinski definition) is 1. The van der Waals surface area contributed by atoms with E-state index in [0.29, 0.717) is 12.8 Å². The molecular weight excluding hydrogens is 255 g/mol. The molecule has 0 bridgehead atoms. The summed E-state index contributed by atoms with van der Waals surface area (Å²) in [6.45, 7) is 0. The minimum atomic E-state index is -1.08. The van der Waals surface area contributed by atoms with E-state index in [-0.39, 0.29) is 22.8 Å². The summed E-state index contributed by atoms with van der Waals surface area (Å²) in [7, 11) is 3.98. The van der Waals surface area contributed by atoms with Crippen LogP contribution in [-0.2, 0) is 10.2 Å². The van der Waals surface area contributed by atoms with Crippen LogP contribution in [0.1, 0.15) is 18.4 Å². The molecule has 1 aromatic rings. The number of carbonyl (C=O) groups is 1. The maximum atomic E-state index is 14.3. The van der Waals surface area contributed by atoms with E-state index in [0.717, 1.165) is 0 Å². The van der Waals surface area contributed by atoms with Gasteiger partial charge >= 0.3 is 5.97 Å². The number of rotatable bonds is 5. The van der Waals surface area contributed by atoms with Crippen molar-refractivity contribution in [2.75, 3.05) is 21.3 Å². The van der Waals surface area contributed by atoms with Crippen molar-refractivity contribution in [1.29, 1.82) is 0 Å². The largest absolute Gasteiger partial charge is 0.493 e. The van der Waals surface area contributed by atoms with Gasteiger partial charge in [0.05, 0.1) is 26.7 Å². The fourth-order valence-electron chi connectivity index (χ4n) is 2.21. The molecule has 6 heteroatoms. The molecule has 1 N–H and O–H groups in total. The summed E-state index contributed by atoms with van der Waals surface area (Å²) >= 11 is 0. The lowest BCUT2D eigenvalue weighted by molar-refractivity contribution is -0.140. The van der Waals surface area contributed by atoms with E-state index < -0.39 is 17.2 Å². The first-order valence-corrected chi connectivity index (χ1v) is 5.74. The van der Waals surface area contributed by atoms with Gasteiger partial charge in [-0.05, 0) is 18.9 Å². The van der Waals surface area contributed by atoms with Gasteiger partial charge in [0.25, 0.3) is 0 Å². The highest BCUT2D eigenvalue weighted by molar-refractivity contribution is 5.86. The van der Waals surface area contributed by atoms with Gasteiger partial charge in [0.2, 0.25) is 11.6 Å². The Labute approximate surface area is 109 Å². The quantitative estimate of drug-likeness (QED) is 0.886. The fraction of sp³-hybridized carbons (Fsp3) is 0.462. The molecule has 1 aromatic carbocycles. The van der Waals surface area contributed by atoms with Crippen LogP contribution in [0.15, 0.2) is 6.07 Å². The molecule has 0 spiro atoms. The second-order valence-corrected chi connectivity index (χ2v) is 4.39. The fourth-order valence-corrected chi connectivity index (χ4v) is 2.21. The molecule has 19 heavy (non-hydrogen) atoms. The van der Waals surface area contributed by atoms with E-state index in [2.05, 4.69) is 0 Å². The maximum Gasteiger partial charge on any atom is 0.314 e. The van der Waals surface area contributed by atoms with Gasteiger partial charge < -0.3 is 19.3 Å². The molecule has 0 saturated heterocycles. The minimum absolute atomic E-state index is 0.0933. The lowest BCUT2D eigenvalue weighted by atomic mass is 9.94. The molecule has 1 fully saturated rings. The zero-order chi connectivity index (χ0) is 14.2. The Hall–Kier alpha value is -1.98. The smallest absolute Gasteiger partial charge is 0.314 e. The van der Waals surface area contributed by atoms with Crippen LogP contribution >= 0.6 is 0 Å². The Morgan fingerprint density at radius 1 is 1.21 bits per heavy atom. The second kappa shape index (κ2) is 4.60. The number of halogens is 1. The molecule has 0 aromatic heterocycles. The Morgan fingerprint density at radius 2 is 1.79 bits per heavy atom. The van der Waals surface area contributed by atoms with Crippen molar-refractivity contribution in [1.82, 2.24) is 0 Å². The third-order valence-corrected chi connectivity index (χ3v) is 3.45. The van der Waals surface area contributed by atoms with Crippen LogP contribution in [0.3, 0.4) is 0 Å². The predicted molar refractivity (Wildman–Crippen MR) is 64.6 cm³/mol. The Morgan fingerprint density at radius 3 is 2.16 bits per heavy atom. The highest BCUT2D eigenvalue weighted by atomic mass is 19.1. The van der Waals surface area contributed by atoms with Crippen molar-refractivity contribution < 1.29 is 28.5 Å². The average molecular weight is 270 g/mol. The number of hydrogen-bond acceptors (Lipinski definition) is 4. The first-order chi connectivity index (χ1) is 9.01. The number of carboxylic acid groups (broad SMARTS) is 1. The summed E-state index contributed by atoms with van der Waals surface area (Å²) < 4.78 is 29.3. The molecular formula is C13H15FO5. The minimum Gasteiger partial charge on any atom is -0.493 e. The molecule has 0 heterocycles. The van der Waals surface area contributed by atoms with E-state index in [1.807, 2.05) is 0 Å². The van der Waals surface area contributed by atoms with Crippen LogP contribution < -0.4 is 14.2 Å². The zero-order valence-corrected chi connectivity index (χ0v) is 10.9. The lowest BCUT2D eigenvalue weighted by Crippen LogP contribution is -2.21. The van der Waals surface area contributed by atoms with E-state index in [4.69, 9.17) is 14.2 Å². The molecule has 0 unspecified atom stereocenters. The molecule has 104 valence electrons. The predicted octanol–water partition coefficient (Wildman–Crippen LogP) is 1.97.